The van der Waals surface area contributed by atoms with Crippen LogP contribution in [0.5, 0.6) is 17.2 Å². The molecule has 0 saturated heterocycles. The number of carbonyl (C=O) groups excluding carboxylic acids is 2. The van der Waals surface area contributed by atoms with Crippen molar-refractivity contribution in [3.63, 3.8) is 0 Å². The average Bonchev–Trinajstić information content (AvgIpc) is 3.19. The van der Waals surface area contributed by atoms with Crippen molar-refractivity contribution in [2.45, 2.75) is 0 Å². The van der Waals surface area contributed by atoms with Crippen LogP contribution in [0.1, 0.15) is 15.9 Å². The Hall–Kier alpha value is -3.33. The molecule has 29 heavy (non-hydrogen) atoms. The summed E-state index contributed by atoms with van der Waals surface area (Å²) < 4.78 is 16.6. The second-order valence-corrected chi connectivity index (χ2v) is 6.69. The zero-order chi connectivity index (χ0) is 20.6. The first-order valence-electron chi connectivity index (χ1n) is 8.60. The number of hydrazone groups is 1. The third kappa shape index (κ3) is 5.58. The molecule has 150 valence electrons. The molecule has 0 bridgehead atoms. The van der Waals surface area contributed by atoms with Gasteiger partial charge in [0.25, 0.3) is 11.8 Å². The number of halogens is 1. The van der Waals surface area contributed by atoms with E-state index in [-0.39, 0.29) is 13.3 Å². The number of rotatable bonds is 8. The van der Waals surface area contributed by atoms with E-state index in [1.807, 2.05) is 0 Å². The molecule has 0 radical (unpaired) electrons. The minimum Gasteiger partial charge on any atom is -0.488 e. The first-order chi connectivity index (χ1) is 14.1. The van der Waals surface area contributed by atoms with Crippen molar-refractivity contribution in [1.82, 2.24) is 10.7 Å². The predicted molar refractivity (Wildman–Crippen MR) is 110 cm³/mol. The largest absolute Gasteiger partial charge is 0.488 e. The lowest BCUT2D eigenvalue weighted by molar-refractivity contribution is -0.120. The van der Waals surface area contributed by atoms with E-state index in [2.05, 4.69) is 38.4 Å². The van der Waals surface area contributed by atoms with Gasteiger partial charge in [-0.1, -0.05) is 12.7 Å². The van der Waals surface area contributed by atoms with Gasteiger partial charge in [-0.2, -0.15) is 5.10 Å². The summed E-state index contributed by atoms with van der Waals surface area (Å²) in [5.41, 5.74) is 3.49. The van der Waals surface area contributed by atoms with Gasteiger partial charge in [0.15, 0.2) is 11.5 Å². The molecule has 2 N–H and O–H groups in total. The maximum atomic E-state index is 12.1. The van der Waals surface area contributed by atoms with E-state index in [4.69, 9.17) is 14.2 Å². The highest BCUT2D eigenvalue weighted by Crippen LogP contribution is 2.32. The molecule has 1 aliphatic heterocycles. The molecule has 0 spiro atoms. The molecule has 0 atom stereocenters. The van der Waals surface area contributed by atoms with Gasteiger partial charge in [0.05, 0.1) is 17.2 Å². The Balaban J connectivity index is 1.46. The van der Waals surface area contributed by atoms with E-state index in [0.29, 0.717) is 29.4 Å². The molecule has 9 heteroatoms. The summed E-state index contributed by atoms with van der Waals surface area (Å²) >= 11 is 3.41. The fourth-order valence-electron chi connectivity index (χ4n) is 2.38. The van der Waals surface area contributed by atoms with Gasteiger partial charge in [0.1, 0.15) is 12.4 Å². The number of nitrogens with zero attached hydrogens (tertiary/aromatic N) is 1. The van der Waals surface area contributed by atoms with Gasteiger partial charge in [0, 0.05) is 5.56 Å². The van der Waals surface area contributed by atoms with Crippen molar-refractivity contribution < 1.29 is 23.8 Å². The highest BCUT2D eigenvalue weighted by atomic mass is 79.9. The zero-order valence-electron chi connectivity index (χ0n) is 15.3. The lowest BCUT2D eigenvalue weighted by atomic mass is 10.2. The lowest BCUT2D eigenvalue weighted by Gasteiger charge is -2.06. The molecule has 0 fully saturated rings. The van der Waals surface area contributed by atoms with Crippen molar-refractivity contribution >= 4 is 34.0 Å². The zero-order valence-corrected chi connectivity index (χ0v) is 16.9. The topological polar surface area (TPSA) is 98.2 Å². The van der Waals surface area contributed by atoms with Crippen molar-refractivity contribution in [2.75, 3.05) is 19.9 Å². The maximum absolute atomic E-state index is 12.1. The standard InChI is InChI=1S/C20H18BrN3O5/c1-2-7-27-16-5-3-13(8-15(16)21)10-23-24-19(25)11-22-20(26)14-4-6-17-18(9-14)29-12-28-17/h2-6,8-10H,1,7,11-12H2,(H,22,26)(H,24,25)/b23-10+. The van der Waals surface area contributed by atoms with E-state index in [9.17, 15) is 9.59 Å². The van der Waals surface area contributed by atoms with Crippen LogP contribution in [0.15, 0.2) is 58.6 Å². The number of nitrogens with one attached hydrogen (secondary N) is 2. The van der Waals surface area contributed by atoms with Crippen LogP contribution < -0.4 is 25.0 Å². The van der Waals surface area contributed by atoms with Crippen molar-refractivity contribution in [3.8, 4) is 17.2 Å². The number of hydrogen-bond acceptors (Lipinski definition) is 6. The summed E-state index contributed by atoms with van der Waals surface area (Å²) in [6.45, 7) is 3.91. The van der Waals surface area contributed by atoms with Crippen LogP contribution in [0.3, 0.4) is 0 Å². The van der Waals surface area contributed by atoms with Crippen molar-refractivity contribution in [1.29, 1.82) is 0 Å². The quantitative estimate of drug-likeness (QED) is 0.359. The van der Waals surface area contributed by atoms with Gasteiger partial charge in [-0.25, -0.2) is 5.43 Å². The molecule has 1 aliphatic rings. The molecule has 2 aromatic carbocycles. The molecule has 0 aliphatic carbocycles. The summed E-state index contributed by atoms with van der Waals surface area (Å²) in [6.07, 6.45) is 3.14. The highest BCUT2D eigenvalue weighted by Gasteiger charge is 2.16. The number of amides is 2. The number of hydrogen-bond donors (Lipinski definition) is 2. The number of carbonyl (C=O) groups is 2. The van der Waals surface area contributed by atoms with Gasteiger partial charge in [0.2, 0.25) is 6.79 Å². The van der Waals surface area contributed by atoms with Gasteiger partial charge < -0.3 is 19.5 Å². The van der Waals surface area contributed by atoms with Crippen LogP contribution in [0.4, 0.5) is 0 Å². The third-order valence-electron chi connectivity index (χ3n) is 3.76. The Labute approximate surface area is 175 Å². The summed E-state index contributed by atoms with van der Waals surface area (Å²) in [6, 6.07) is 10.2. The second kappa shape index (κ2) is 9.74. The number of fused-ring (bicyclic) bond motifs is 1. The first-order valence-corrected chi connectivity index (χ1v) is 9.39. The van der Waals surface area contributed by atoms with Crippen LogP contribution in [0.2, 0.25) is 0 Å². The van der Waals surface area contributed by atoms with Crippen molar-refractivity contribution in [2.24, 2.45) is 5.10 Å². The van der Waals surface area contributed by atoms with Crippen LogP contribution >= 0.6 is 15.9 Å². The Bertz CT molecular complexity index is 961. The molecule has 2 aromatic rings. The Morgan fingerprint density at radius 1 is 1.21 bits per heavy atom. The smallest absolute Gasteiger partial charge is 0.259 e. The van der Waals surface area contributed by atoms with Crippen LogP contribution in [-0.4, -0.2) is 38.0 Å². The molecule has 8 nitrogen and oxygen atoms in total. The molecular weight excluding hydrogens is 442 g/mol. The number of benzene rings is 2. The molecule has 0 unspecified atom stereocenters. The fraction of sp³-hybridized carbons (Fsp3) is 0.150. The first kappa shape index (κ1) is 20.4. The summed E-state index contributed by atoms with van der Waals surface area (Å²) in [5, 5.41) is 6.40. The van der Waals surface area contributed by atoms with Gasteiger partial charge in [-0.05, 0) is 57.9 Å². The van der Waals surface area contributed by atoms with Gasteiger partial charge in [-0.3, -0.25) is 9.59 Å². The fourth-order valence-corrected chi connectivity index (χ4v) is 2.89. The monoisotopic (exact) mass is 459 g/mol. The van der Waals surface area contributed by atoms with Gasteiger partial charge in [-0.15, -0.1) is 0 Å². The Morgan fingerprint density at radius 2 is 2.03 bits per heavy atom. The normalized spacial score (nSPS) is 11.9. The van der Waals surface area contributed by atoms with Crippen LogP contribution in [0, 0.1) is 0 Å². The molecule has 0 saturated carbocycles. The molecule has 1 heterocycles. The second-order valence-electron chi connectivity index (χ2n) is 5.83. The molecular formula is C20H18BrN3O5. The summed E-state index contributed by atoms with van der Waals surface area (Å²) in [7, 11) is 0. The predicted octanol–water partition coefficient (Wildman–Crippen LogP) is 2.62. The summed E-state index contributed by atoms with van der Waals surface area (Å²) in [5.74, 6) is 0.901. The van der Waals surface area contributed by atoms with E-state index in [1.165, 1.54) is 6.21 Å². The molecule has 0 aromatic heterocycles. The SMILES string of the molecule is C=CCOc1ccc(/C=N/NC(=O)CNC(=O)c2ccc3c(c2)OCO3)cc1Br. The summed E-state index contributed by atoms with van der Waals surface area (Å²) in [4.78, 5) is 24.0. The minimum atomic E-state index is -0.458. The Kier molecular flexibility index (Phi) is 6.85. The van der Waals surface area contributed by atoms with Crippen LogP contribution in [0.25, 0.3) is 0 Å². The number of ether oxygens (including phenoxy) is 3. The average molecular weight is 460 g/mol. The van der Waals surface area contributed by atoms with E-state index < -0.39 is 11.8 Å². The van der Waals surface area contributed by atoms with Crippen molar-refractivity contribution in [3.05, 3.63) is 64.7 Å². The molecule has 2 amide bonds. The maximum Gasteiger partial charge on any atom is 0.259 e. The minimum absolute atomic E-state index is 0.127. The third-order valence-corrected chi connectivity index (χ3v) is 4.38. The highest BCUT2D eigenvalue weighted by molar-refractivity contribution is 9.10. The van der Waals surface area contributed by atoms with Crippen LogP contribution in [-0.2, 0) is 4.79 Å². The lowest BCUT2D eigenvalue weighted by Crippen LogP contribution is -2.34. The van der Waals surface area contributed by atoms with E-state index in [1.54, 1.807) is 42.5 Å². The Morgan fingerprint density at radius 3 is 2.83 bits per heavy atom. The van der Waals surface area contributed by atoms with Gasteiger partial charge >= 0.3 is 0 Å². The van der Waals surface area contributed by atoms with E-state index in [0.717, 1.165) is 10.0 Å². The molecule has 3 rings (SSSR count). The van der Waals surface area contributed by atoms with E-state index >= 15 is 0 Å².